The summed E-state index contributed by atoms with van der Waals surface area (Å²) in [6, 6.07) is 11.5. The van der Waals surface area contributed by atoms with E-state index in [2.05, 4.69) is 10.0 Å². The number of ether oxygens (including phenoxy) is 1. The SMILES string of the molecule is Cc1ccc(S(=O)(=O)Nc2cccc(N[C@H](C)C(=O)N3CCOCC3)c2)cc1C. The average molecular weight is 418 g/mol. The monoisotopic (exact) mass is 417 g/mol. The Labute approximate surface area is 172 Å². The molecule has 7 nitrogen and oxygen atoms in total. The van der Waals surface area contributed by atoms with Gasteiger partial charge in [0, 0.05) is 18.8 Å². The number of nitrogens with one attached hydrogen (secondary N) is 2. The van der Waals surface area contributed by atoms with Crippen molar-refractivity contribution in [1.29, 1.82) is 0 Å². The molecule has 1 aliphatic rings. The molecule has 1 aliphatic heterocycles. The normalized spacial score (nSPS) is 15.6. The molecule has 0 radical (unpaired) electrons. The lowest BCUT2D eigenvalue weighted by Crippen LogP contribution is -2.46. The highest BCUT2D eigenvalue weighted by atomic mass is 32.2. The van der Waals surface area contributed by atoms with Crippen LogP contribution in [0.4, 0.5) is 11.4 Å². The lowest BCUT2D eigenvalue weighted by Gasteiger charge is -2.29. The number of rotatable bonds is 6. The molecule has 0 aliphatic carbocycles. The van der Waals surface area contributed by atoms with E-state index in [1.54, 1.807) is 54.3 Å². The zero-order valence-electron chi connectivity index (χ0n) is 16.9. The van der Waals surface area contributed by atoms with Gasteiger partial charge in [0.05, 0.1) is 23.8 Å². The lowest BCUT2D eigenvalue weighted by atomic mass is 10.1. The van der Waals surface area contributed by atoms with Crippen LogP contribution >= 0.6 is 0 Å². The Kier molecular flexibility index (Phi) is 6.44. The van der Waals surface area contributed by atoms with E-state index >= 15 is 0 Å². The summed E-state index contributed by atoms with van der Waals surface area (Å²) < 4.78 is 33.3. The van der Waals surface area contributed by atoms with Crippen molar-refractivity contribution < 1.29 is 17.9 Å². The molecule has 1 fully saturated rings. The van der Waals surface area contributed by atoms with Crippen LogP contribution in [0, 0.1) is 13.8 Å². The minimum atomic E-state index is -3.70. The first-order chi connectivity index (χ1) is 13.8. The van der Waals surface area contributed by atoms with Gasteiger partial charge in [-0.15, -0.1) is 0 Å². The molecule has 0 unspecified atom stereocenters. The summed E-state index contributed by atoms with van der Waals surface area (Å²) in [5.41, 5.74) is 3.05. The Bertz CT molecular complexity index is 985. The second kappa shape index (κ2) is 8.84. The van der Waals surface area contributed by atoms with Crippen molar-refractivity contribution in [3.8, 4) is 0 Å². The van der Waals surface area contributed by atoms with Gasteiger partial charge in [0.25, 0.3) is 10.0 Å². The lowest BCUT2D eigenvalue weighted by molar-refractivity contribution is -0.135. The van der Waals surface area contributed by atoms with Gasteiger partial charge in [-0.25, -0.2) is 8.42 Å². The predicted octanol–water partition coefficient (Wildman–Crippen LogP) is 2.76. The molecular formula is C21H27N3O4S. The number of morpholine rings is 1. The number of carbonyl (C=O) groups is 1. The summed E-state index contributed by atoms with van der Waals surface area (Å²) in [5, 5.41) is 3.15. The Morgan fingerprint density at radius 2 is 1.72 bits per heavy atom. The third kappa shape index (κ3) is 5.27. The number of aryl methyl sites for hydroxylation is 2. The van der Waals surface area contributed by atoms with Crippen LogP contribution in [0.3, 0.4) is 0 Å². The molecule has 8 heteroatoms. The maximum absolute atomic E-state index is 12.7. The summed E-state index contributed by atoms with van der Waals surface area (Å²) in [6.07, 6.45) is 0. The first kappa shape index (κ1) is 21.1. The molecule has 29 heavy (non-hydrogen) atoms. The van der Waals surface area contributed by atoms with Crippen LogP contribution in [0.15, 0.2) is 47.4 Å². The minimum absolute atomic E-state index is 0.00517. The van der Waals surface area contributed by atoms with Crippen molar-refractivity contribution in [3.05, 3.63) is 53.6 Å². The molecule has 0 aromatic heterocycles. The Morgan fingerprint density at radius 1 is 1.03 bits per heavy atom. The van der Waals surface area contributed by atoms with E-state index in [0.717, 1.165) is 11.1 Å². The number of nitrogens with zero attached hydrogens (tertiary/aromatic N) is 1. The zero-order valence-corrected chi connectivity index (χ0v) is 17.8. The molecule has 0 bridgehead atoms. The van der Waals surface area contributed by atoms with Crippen LogP contribution < -0.4 is 10.0 Å². The molecule has 0 saturated carbocycles. The highest BCUT2D eigenvalue weighted by molar-refractivity contribution is 7.92. The van der Waals surface area contributed by atoms with E-state index in [1.807, 2.05) is 13.8 Å². The molecule has 0 spiro atoms. The van der Waals surface area contributed by atoms with Crippen LogP contribution in [0.2, 0.25) is 0 Å². The fraction of sp³-hybridized carbons (Fsp3) is 0.381. The quantitative estimate of drug-likeness (QED) is 0.755. The topological polar surface area (TPSA) is 87.7 Å². The van der Waals surface area contributed by atoms with Crippen LogP contribution in [-0.2, 0) is 19.6 Å². The van der Waals surface area contributed by atoms with E-state index in [0.29, 0.717) is 37.7 Å². The summed E-state index contributed by atoms with van der Waals surface area (Å²) >= 11 is 0. The van der Waals surface area contributed by atoms with Crippen molar-refractivity contribution in [2.75, 3.05) is 36.3 Å². The van der Waals surface area contributed by atoms with Crippen LogP contribution in [-0.4, -0.2) is 51.6 Å². The van der Waals surface area contributed by atoms with Gasteiger partial charge in [0.15, 0.2) is 0 Å². The third-order valence-electron chi connectivity index (χ3n) is 4.98. The molecule has 2 aromatic carbocycles. The highest BCUT2D eigenvalue weighted by Gasteiger charge is 2.22. The van der Waals surface area contributed by atoms with E-state index in [4.69, 9.17) is 4.74 Å². The molecule has 1 atom stereocenters. The molecule has 1 heterocycles. The summed E-state index contributed by atoms with van der Waals surface area (Å²) in [5.74, 6) is -0.00517. The molecule has 3 rings (SSSR count). The number of anilines is 2. The number of amides is 1. The van der Waals surface area contributed by atoms with E-state index in [1.165, 1.54) is 0 Å². The van der Waals surface area contributed by atoms with Crippen molar-refractivity contribution in [3.63, 3.8) is 0 Å². The maximum atomic E-state index is 12.7. The summed E-state index contributed by atoms with van der Waals surface area (Å²) in [7, 11) is -3.70. The van der Waals surface area contributed by atoms with Gasteiger partial charge in [-0.05, 0) is 62.2 Å². The Morgan fingerprint density at radius 3 is 2.41 bits per heavy atom. The second-order valence-electron chi connectivity index (χ2n) is 7.24. The van der Waals surface area contributed by atoms with Gasteiger partial charge in [0.2, 0.25) is 5.91 Å². The summed E-state index contributed by atoms with van der Waals surface area (Å²) in [6.45, 7) is 7.88. The van der Waals surface area contributed by atoms with Gasteiger partial charge in [0.1, 0.15) is 6.04 Å². The van der Waals surface area contributed by atoms with Crippen molar-refractivity contribution in [2.24, 2.45) is 0 Å². The first-order valence-electron chi connectivity index (χ1n) is 9.59. The van der Waals surface area contributed by atoms with Crippen molar-refractivity contribution in [1.82, 2.24) is 4.90 Å². The average Bonchev–Trinajstić information content (AvgIpc) is 2.70. The van der Waals surface area contributed by atoms with E-state index < -0.39 is 16.1 Å². The number of hydrogen-bond donors (Lipinski definition) is 2. The fourth-order valence-electron chi connectivity index (χ4n) is 3.14. The van der Waals surface area contributed by atoms with Gasteiger partial charge >= 0.3 is 0 Å². The molecule has 156 valence electrons. The van der Waals surface area contributed by atoms with Gasteiger partial charge in [-0.1, -0.05) is 12.1 Å². The van der Waals surface area contributed by atoms with E-state index in [-0.39, 0.29) is 10.8 Å². The zero-order chi connectivity index (χ0) is 21.0. The minimum Gasteiger partial charge on any atom is -0.378 e. The molecule has 2 N–H and O–H groups in total. The summed E-state index contributed by atoms with van der Waals surface area (Å²) in [4.78, 5) is 14.5. The van der Waals surface area contributed by atoms with Gasteiger partial charge < -0.3 is 15.0 Å². The van der Waals surface area contributed by atoms with Crippen LogP contribution in [0.1, 0.15) is 18.1 Å². The molecular weight excluding hydrogens is 390 g/mol. The Hall–Kier alpha value is -2.58. The van der Waals surface area contributed by atoms with Gasteiger partial charge in [-0.2, -0.15) is 0 Å². The van der Waals surface area contributed by atoms with E-state index in [9.17, 15) is 13.2 Å². The molecule has 1 amide bonds. The highest BCUT2D eigenvalue weighted by Crippen LogP contribution is 2.22. The molecule has 2 aromatic rings. The predicted molar refractivity (Wildman–Crippen MR) is 114 cm³/mol. The van der Waals surface area contributed by atoms with Gasteiger partial charge in [-0.3, -0.25) is 9.52 Å². The van der Waals surface area contributed by atoms with Crippen LogP contribution in [0.25, 0.3) is 0 Å². The maximum Gasteiger partial charge on any atom is 0.261 e. The number of benzene rings is 2. The Balaban J connectivity index is 1.70. The number of carbonyl (C=O) groups excluding carboxylic acids is 1. The number of sulfonamides is 1. The number of hydrogen-bond acceptors (Lipinski definition) is 5. The van der Waals surface area contributed by atoms with Crippen molar-refractivity contribution >= 4 is 27.3 Å². The molecule has 1 saturated heterocycles. The third-order valence-corrected chi connectivity index (χ3v) is 6.36. The second-order valence-corrected chi connectivity index (χ2v) is 8.92. The van der Waals surface area contributed by atoms with Crippen LogP contribution in [0.5, 0.6) is 0 Å². The standard InChI is InChI=1S/C21H27N3O4S/c1-15-7-8-20(13-16(15)2)29(26,27)23-19-6-4-5-18(14-19)22-17(3)21(25)24-9-11-28-12-10-24/h4-8,13-14,17,22-23H,9-12H2,1-3H3/t17-/m1/s1. The fourth-order valence-corrected chi connectivity index (χ4v) is 4.27. The first-order valence-corrected chi connectivity index (χ1v) is 11.1. The largest absolute Gasteiger partial charge is 0.378 e. The smallest absolute Gasteiger partial charge is 0.261 e. The van der Waals surface area contributed by atoms with Crippen molar-refractivity contribution in [2.45, 2.75) is 31.7 Å².